The van der Waals surface area contributed by atoms with Crippen molar-refractivity contribution in [2.24, 2.45) is 0 Å². The fourth-order valence-electron chi connectivity index (χ4n) is 2.67. The zero-order valence-electron chi connectivity index (χ0n) is 12.5. The van der Waals surface area contributed by atoms with Crippen LogP contribution in [0.4, 0.5) is 4.79 Å². The summed E-state index contributed by atoms with van der Waals surface area (Å²) in [5.74, 6) is 1.03. The summed E-state index contributed by atoms with van der Waals surface area (Å²) in [6.07, 6.45) is 6.35. The molecule has 5 nitrogen and oxygen atoms in total. The Labute approximate surface area is 134 Å². The van der Waals surface area contributed by atoms with Crippen LogP contribution in [0.3, 0.4) is 0 Å². The zero-order chi connectivity index (χ0) is 15.4. The Balaban J connectivity index is 1.56. The van der Waals surface area contributed by atoms with Crippen LogP contribution in [-0.2, 0) is 6.54 Å². The molecule has 2 aromatic rings. The van der Waals surface area contributed by atoms with Crippen LogP contribution < -0.4 is 10.6 Å². The minimum absolute atomic E-state index is 0.0439. The van der Waals surface area contributed by atoms with Crippen LogP contribution in [0, 0.1) is 0 Å². The van der Waals surface area contributed by atoms with Crippen molar-refractivity contribution in [1.82, 2.24) is 20.2 Å². The van der Waals surface area contributed by atoms with Crippen molar-refractivity contribution in [3.05, 3.63) is 48.5 Å². The number of rotatable bonds is 4. The second-order valence-corrected chi connectivity index (χ2v) is 6.64. The standard InChI is InChI=1S/C16H20N4OS/c1-12(10-20-8-7-17-11-20)18-16(21)19-14-6-9-22-15-5-3-2-4-13(14)15/h2-5,7-8,11-12,14H,6,9-10H2,1H3,(H2,18,19,21). The summed E-state index contributed by atoms with van der Waals surface area (Å²) >= 11 is 1.85. The summed E-state index contributed by atoms with van der Waals surface area (Å²) in [6.45, 7) is 2.70. The van der Waals surface area contributed by atoms with Crippen LogP contribution in [-0.4, -0.2) is 27.4 Å². The highest BCUT2D eigenvalue weighted by Gasteiger charge is 2.22. The van der Waals surface area contributed by atoms with Crippen molar-refractivity contribution in [3.63, 3.8) is 0 Å². The van der Waals surface area contributed by atoms with E-state index in [4.69, 9.17) is 0 Å². The van der Waals surface area contributed by atoms with E-state index in [0.29, 0.717) is 6.54 Å². The average molecular weight is 316 g/mol. The van der Waals surface area contributed by atoms with Crippen molar-refractivity contribution >= 4 is 17.8 Å². The van der Waals surface area contributed by atoms with Gasteiger partial charge in [0.1, 0.15) is 0 Å². The quantitative estimate of drug-likeness (QED) is 0.912. The molecule has 116 valence electrons. The number of thioether (sulfide) groups is 1. The van der Waals surface area contributed by atoms with Crippen LogP contribution in [0.1, 0.15) is 24.9 Å². The molecule has 2 atom stereocenters. The van der Waals surface area contributed by atoms with Crippen LogP contribution in [0.15, 0.2) is 47.9 Å². The normalized spacial score (nSPS) is 18.3. The summed E-state index contributed by atoms with van der Waals surface area (Å²) in [5, 5.41) is 6.09. The molecule has 0 radical (unpaired) electrons. The molecule has 1 aromatic heterocycles. The fourth-order valence-corrected chi connectivity index (χ4v) is 3.80. The SMILES string of the molecule is CC(Cn1ccnc1)NC(=O)NC1CCSc2ccccc21. The van der Waals surface area contributed by atoms with Gasteiger partial charge in [-0.1, -0.05) is 18.2 Å². The molecule has 0 aliphatic carbocycles. The first-order valence-electron chi connectivity index (χ1n) is 7.47. The Kier molecular flexibility index (Phi) is 4.68. The lowest BCUT2D eigenvalue weighted by molar-refractivity contribution is 0.232. The van der Waals surface area contributed by atoms with Crippen LogP contribution in [0.25, 0.3) is 0 Å². The van der Waals surface area contributed by atoms with E-state index in [1.165, 1.54) is 10.5 Å². The molecule has 2 heterocycles. The van der Waals surface area contributed by atoms with E-state index in [1.807, 2.05) is 41.6 Å². The molecule has 2 N–H and O–H groups in total. The number of benzene rings is 1. The third kappa shape index (κ3) is 3.62. The first-order chi connectivity index (χ1) is 10.7. The Morgan fingerprint density at radius 1 is 1.50 bits per heavy atom. The van der Waals surface area contributed by atoms with E-state index in [-0.39, 0.29) is 18.1 Å². The van der Waals surface area contributed by atoms with Gasteiger partial charge in [-0.05, 0) is 25.0 Å². The van der Waals surface area contributed by atoms with Crippen molar-refractivity contribution in [3.8, 4) is 0 Å². The molecule has 0 fully saturated rings. The highest BCUT2D eigenvalue weighted by molar-refractivity contribution is 7.99. The second kappa shape index (κ2) is 6.87. The van der Waals surface area contributed by atoms with Gasteiger partial charge in [0.05, 0.1) is 12.4 Å². The molecule has 22 heavy (non-hydrogen) atoms. The number of carbonyl (C=O) groups excluding carboxylic acids is 1. The van der Waals surface area contributed by atoms with Crippen molar-refractivity contribution in [1.29, 1.82) is 0 Å². The van der Waals surface area contributed by atoms with E-state index in [2.05, 4.69) is 27.8 Å². The van der Waals surface area contributed by atoms with Gasteiger partial charge in [0.25, 0.3) is 0 Å². The maximum absolute atomic E-state index is 12.2. The minimum Gasteiger partial charge on any atom is -0.335 e. The Bertz CT molecular complexity index is 629. The van der Waals surface area contributed by atoms with Gasteiger partial charge in [0.15, 0.2) is 0 Å². The first-order valence-corrected chi connectivity index (χ1v) is 8.45. The highest BCUT2D eigenvalue weighted by atomic mass is 32.2. The number of carbonyl (C=O) groups is 1. The average Bonchev–Trinajstić information content (AvgIpc) is 3.00. The van der Waals surface area contributed by atoms with Gasteiger partial charge < -0.3 is 15.2 Å². The summed E-state index contributed by atoms with van der Waals surface area (Å²) in [7, 11) is 0. The fraction of sp³-hybridized carbons (Fsp3) is 0.375. The van der Waals surface area contributed by atoms with E-state index < -0.39 is 0 Å². The minimum atomic E-state index is -0.112. The van der Waals surface area contributed by atoms with Crippen LogP contribution in [0.2, 0.25) is 0 Å². The lowest BCUT2D eigenvalue weighted by Gasteiger charge is -2.26. The molecule has 1 aromatic carbocycles. The maximum Gasteiger partial charge on any atom is 0.315 e. The first kappa shape index (κ1) is 15.0. The molecular weight excluding hydrogens is 296 g/mol. The van der Waals surface area contributed by atoms with Gasteiger partial charge in [-0.25, -0.2) is 9.78 Å². The molecule has 2 amide bonds. The van der Waals surface area contributed by atoms with E-state index >= 15 is 0 Å². The molecule has 0 bridgehead atoms. The molecule has 0 saturated heterocycles. The van der Waals surface area contributed by atoms with Crippen LogP contribution in [0.5, 0.6) is 0 Å². The topological polar surface area (TPSA) is 59.0 Å². The van der Waals surface area contributed by atoms with Gasteiger partial charge in [-0.3, -0.25) is 0 Å². The Morgan fingerprint density at radius 2 is 2.36 bits per heavy atom. The summed E-state index contributed by atoms with van der Waals surface area (Å²) in [4.78, 5) is 17.5. The number of fused-ring (bicyclic) bond motifs is 1. The van der Waals surface area contributed by atoms with Crippen molar-refractivity contribution in [2.45, 2.75) is 36.9 Å². The summed E-state index contributed by atoms with van der Waals surface area (Å²) < 4.78 is 1.96. The van der Waals surface area contributed by atoms with Crippen molar-refractivity contribution < 1.29 is 4.79 Å². The van der Waals surface area contributed by atoms with Crippen LogP contribution >= 0.6 is 11.8 Å². The maximum atomic E-state index is 12.2. The molecular formula is C16H20N4OS. The summed E-state index contributed by atoms with van der Waals surface area (Å²) in [5.41, 5.74) is 1.22. The predicted molar refractivity (Wildman–Crippen MR) is 87.9 cm³/mol. The molecule has 1 aliphatic heterocycles. The van der Waals surface area contributed by atoms with E-state index in [0.717, 1.165) is 12.2 Å². The number of imidazole rings is 1. The summed E-state index contributed by atoms with van der Waals surface area (Å²) in [6, 6.07) is 8.31. The molecule has 3 rings (SSSR count). The third-order valence-corrected chi connectivity index (χ3v) is 4.81. The second-order valence-electron chi connectivity index (χ2n) is 5.51. The van der Waals surface area contributed by atoms with Gasteiger partial charge in [0, 0.05) is 35.6 Å². The van der Waals surface area contributed by atoms with Gasteiger partial charge >= 0.3 is 6.03 Å². The lowest BCUT2D eigenvalue weighted by atomic mass is 10.0. The smallest absolute Gasteiger partial charge is 0.315 e. The molecule has 1 aliphatic rings. The van der Waals surface area contributed by atoms with Gasteiger partial charge in [-0.15, -0.1) is 11.8 Å². The molecule has 6 heteroatoms. The number of nitrogens with one attached hydrogen (secondary N) is 2. The predicted octanol–water partition coefficient (Wildman–Crippen LogP) is 2.81. The molecule has 0 saturated carbocycles. The number of urea groups is 1. The third-order valence-electron chi connectivity index (χ3n) is 3.69. The van der Waals surface area contributed by atoms with E-state index in [9.17, 15) is 4.79 Å². The van der Waals surface area contributed by atoms with E-state index in [1.54, 1.807) is 12.5 Å². The molecule has 2 unspecified atom stereocenters. The van der Waals surface area contributed by atoms with Gasteiger partial charge in [-0.2, -0.15) is 0 Å². The zero-order valence-corrected chi connectivity index (χ0v) is 13.3. The highest BCUT2D eigenvalue weighted by Crippen LogP contribution is 2.35. The van der Waals surface area contributed by atoms with Crippen molar-refractivity contribution in [2.75, 3.05) is 5.75 Å². The lowest BCUT2D eigenvalue weighted by Crippen LogP contribution is -2.44. The largest absolute Gasteiger partial charge is 0.335 e. The monoisotopic (exact) mass is 316 g/mol. The molecule has 0 spiro atoms. The Morgan fingerprint density at radius 3 is 3.18 bits per heavy atom. The van der Waals surface area contributed by atoms with Gasteiger partial charge in [0.2, 0.25) is 0 Å². The number of hydrogen-bond acceptors (Lipinski definition) is 3. The number of amides is 2. The number of nitrogens with zero attached hydrogens (tertiary/aromatic N) is 2. The number of hydrogen-bond donors (Lipinski definition) is 2. The Hall–Kier alpha value is -1.95. The number of aromatic nitrogens is 2.